The Hall–Kier alpha value is -2.61. The SMILES string of the molecule is CC1OC(n2c3ccccc3c3ccc4c5cc(Cl)ccc5[nH]c4c32)C(O)C(O)C1O. The third-order valence-electron chi connectivity index (χ3n) is 6.49. The number of ether oxygens (including phenoxy) is 1. The summed E-state index contributed by atoms with van der Waals surface area (Å²) in [5, 5.41) is 36.2. The number of para-hydroxylation sites is 1. The maximum absolute atomic E-state index is 10.9. The molecule has 6 nitrogen and oxygen atoms in total. The fourth-order valence-electron chi connectivity index (χ4n) is 4.93. The molecule has 158 valence electrons. The van der Waals surface area contributed by atoms with E-state index in [0.29, 0.717) is 5.02 Å². The topological polar surface area (TPSA) is 90.6 Å². The van der Waals surface area contributed by atoms with Gasteiger partial charge in [0.15, 0.2) is 6.23 Å². The molecular formula is C24H21ClN2O4. The second kappa shape index (κ2) is 6.69. The Morgan fingerprint density at radius 2 is 1.65 bits per heavy atom. The van der Waals surface area contributed by atoms with Gasteiger partial charge in [0.25, 0.3) is 0 Å². The van der Waals surface area contributed by atoms with Crippen molar-refractivity contribution in [2.45, 2.75) is 37.6 Å². The normalized spacial score (nSPS) is 27.1. The predicted octanol–water partition coefficient (Wildman–Crippen LogP) is 4.08. The lowest BCUT2D eigenvalue weighted by molar-refractivity contribution is -0.238. The number of aromatic nitrogens is 2. The zero-order valence-electron chi connectivity index (χ0n) is 16.7. The number of fused-ring (bicyclic) bond motifs is 7. The highest BCUT2D eigenvalue weighted by atomic mass is 35.5. The zero-order chi connectivity index (χ0) is 21.4. The number of aliphatic hydroxyl groups excluding tert-OH is 3. The third-order valence-corrected chi connectivity index (χ3v) is 6.72. The molecule has 4 N–H and O–H groups in total. The van der Waals surface area contributed by atoms with Crippen molar-refractivity contribution in [2.75, 3.05) is 0 Å². The lowest BCUT2D eigenvalue weighted by atomic mass is 9.99. The Morgan fingerprint density at radius 3 is 2.48 bits per heavy atom. The van der Waals surface area contributed by atoms with Crippen LogP contribution in [0.2, 0.25) is 5.02 Å². The van der Waals surface area contributed by atoms with E-state index in [1.54, 1.807) is 6.92 Å². The molecule has 0 spiro atoms. The van der Waals surface area contributed by atoms with Crippen molar-refractivity contribution in [3.05, 3.63) is 59.6 Å². The Balaban J connectivity index is 1.74. The molecule has 0 aliphatic carbocycles. The number of aliphatic hydroxyl groups is 3. The first-order valence-corrected chi connectivity index (χ1v) is 10.7. The Labute approximate surface area is 182 Å². The molecule has 1 saturated heterocycles. The minimum Gasteiger partial charge on any atom is -0.388 e. The summed E-state index contributed by atoms with van der Waals surface area (Å²) in [5.74, 6) is 0. The molecule has 5 atom stereocenters. The maximum Gasteiger partial charge on any atom is 0.163 e. The van der Waals surface area contributed by atoms with Crippen LogP contribution in [0.4, 0.5) is 0 Å². The number of benzene rings is 3. The number of rotatable bonds is 1. The number of hydrogen-bond donors (Lipinski definition) is 4. The van der Waals surface area contributed by atoms with E-state index in [-0.39, 0.29) is 0 Å². The predicted molar refractivity (Wildman–Crippen MR) is 121 cm³/mol. The highest BCUT2D eigenvalue weighted by molar-refractivity contribution is 6.32. The van der Waals surface area contributed by atoms with Crippen LogP contribution in [0, 0.1) is 0 Å². The molecule has 3 heterocycles. The lowest BCUT2D eigenvalue weighted by Gasteiger charge is -2.40. The lowest BCUT2D eigenvalue weighted by Crippen LogP contribution is -2.54. The second-order valence-electron chi connectivity index (χ2n) is 8.29. The van der Waals surface area contributed by atoms with Gasteiger partial charge in [0.05, 0.1) is 22.7 Å². The number of aromatic amines is 1. The summed E-state index contributed by atoms with van der Waals surface area (Å²) < 4.78 is 7.98. The largest absolute Gasteiger partial charge is 0.388 e. The molecule has 1 fully saturated rings. The molecule has 0 saturated carbocycles. The van der Waals surface area contributed by atoms with Crippen LogP contribution < -0.4 is 0 Å². The molecule has 5 unspecified atom stereocenters. The van der Waals surface area contributed by atoms with Crippen LogP contribution >= 0.6 is 11.6 Å². The van der Waals surface area contributed by atoms with Gasteiger partial charge in [0, 0.05) is 32.1 Å². The number of nitrogens with zero attached hydrogens (tertiary/aromatic N) is 1. The Kier molecular flexibility index (Phi) is 4.12. The first-order valence-electron chi connectivity index (χ1n) is 10.3. The van der Waals surface area contributed by atoms with E-state index in [2.05, 4.69) is 17.1 Å². The molecule has 2 aromatic heterocycles. The summed E-state index contributed by atoms with van der Waals surface area (Å²) in [5.41, 5.74) is 3.60. The fourth-order valence-corrected chi connectivity index (χ4v) is 5.10. The van der Waals surface area contributed by atoms with E-state index >= 15 is 0 Å². The van der Waals surface area contributed by atoms with Crippen molar-refractivity contribution in [3.63, 3.8) is 0 Å². The fraction of sp³-hybridized carbons (Fsp3) is 0.250. The van der Waals surface area contributed by atoms with Crippen molar-refractivity contribution < 1.29 is 20.1 Å². The minimum atomic E-state index is -1.31. The van der Waals surface area contributed by atoms with Crippen LogP contribution in [0.3, 0.4) is 0 Å². The minimum absolute atomic E-state index is 0.639. The van der Waals surface area contributed by atoms with E-state index in [9.17, 15) is 15.3 Å². The van der Waals surface area contributed by atoms with E-state index in [1.807, 2.05) is 47.0 Å². The number of H-pyrrole nitrogens is 1. The Bertz CT molecular complexity index is 1470. The molecule has 5 aromatic rings. The molecule has 1 aliphatic heterocycles. The average molecular weight is 437 g/mol. The molecule has 1 aliphatic rings. The van der Waals surface area contributed by atoms with Crippen molar-refractivity contribution >= 4 is 55.2 Å². The van der Waals surface area contributed by atoms with Crippen LogP contribution in [0.15, 0.2) is 54.6 Å². The van der Waals surface area contributed by atoms with Gasteiger partial charge < -0.3 is 29.6 Å². The standard InChI is InChI=1S/C24H21ClN2O4/c1-11-21(28)22(29)23(30)24(31-11)27-18-5-3-2-4-13(18)15-8-7-14-16-10-12(25)6-9-17(16)26-19(14)20(15)27/h2-11,21-24,26,28-30H,1H3. The van der Waals surface area contributed by atoms with Gasteiger partial charge in [-0.25, -0.2) is 0 Å². The van der Waals surface area contributed by atoms with Crippen LogP contribution in [-0.2, 0) is 4.74 Å². The molecule has 0 radical (unpaired) electrons. The van der Waals surface area contributed by atoms with Gasteiger partial charge in [-0.3, -0.25) is 0 Å². The smallest absolute Gasteiger partial charge is 0.163 e. The van der Waals surface area contributed by atoms with Crippen molar-refractivity contribution in [3.8, 4) is 0 Å². The number of halogens is 1. The summed E-state index contributed by atoms with van der Waals surface area (Å²) in [6.45, 7) is 1.70. The van der Waals surface area contributed by atoms with Gasteiger partial charge in [-0.05, 0) is 31.2 Å². The van der Waals surface area contributed by atoms with Crippen LogP contribution in [0.25, 0.3) is 43.6 Å². The maximum atomic E-state index is 10.9. The van der Waals surface area contributed by atoms with Gasteiger partial charge in [-0.1, -0.05) is 41.9 Å². The monoisotopic (exact) mass is 436 g/mol. The number of nitrogens with one attached hydrogen (secondary N) is 1. The van der Waals surface area contributed by atoms with E-state index in [4.69, 9.17) is 16.3 Å². The molecule has 0 amide bonds. The van der Waals surface area contributed by atoms with E-state index in [1.165, 1.54) is 0 Å². The molecule has 3 aromatic carbocycles. The van der Waals surface area contributed by atoms with E-state index in [0.717, 1.165) is 43.6 Å². The third kappa shape index (κ3) is 2.60. The van der Waals surface area contributed by atoms with E-state index < -0.39 is 30.6 Å². The summed E-state index contributed by atoms with van der Waals surface area (Å²) in [6, 6.07) is 17.8. The second-order valence-corrected chi connectivity index (χ2v) is 8.73. The van der Waals surface area contributed by atoms with Crippen LogP contribution in [0.5, 0.6) is 0 Å². The Morgan fingerprint density at radius 1 is 0.871 bits per heavy atom. The van der Waals surface area contributed by atoms with Crippen molar-refractivity contribution in [1.29, 1.82) is 0 Å². The molecule has 0 bridgehead atoms. The molecule has 7 heteroatoms. The zero-order valence-corrected chi connectivity index (χ0v) is 17.4. The quantitative estimate of drug-likeness (QED) is 0.318. The highest BCUT2D eigenvalue weighted by Gasteiger charge is 2.43. The van der Waals surface area contributed by atoms with Gasteiger partial charge in [0.1, 0.15) is 18.3 Å². The molecule has 6 rings (SSSR count). The van der Waals surface area contributed by atoms with Crippen LogP contribution in [0.1, 0.15) is 13.2 Å². The average Bonchev–Trinajstić information content (AvgIpc) is 3.30. The highest BCUT2D eigenvalue weighted by Crippen LogP contribution is 2.41. The summed E-state index contributed by atoms with van der Waals surface area (Å²) in [4.78, 5) is 3.51. The van der Waals surface area contributed by atoms with Gasteiger partial charge in [-0.15, -0.1) is 0 Å². The van der Waals surface area contributed by atoms with Crippen LogP contribution in [-0.4, -0.2) is 49.3 Å². The molecular weight excluding hydrogens is 416 g/mol. The summed E-state index contributed by atoms with van der Waals surface area (Å²) >= 11 is 6.25. The van der Waals surface area contributed by atoms with Crippen molar-refractivity contribution in [1.82, 2.24) is 9.55 Å². The number of hydrogen-bond acceptors (Lipinski definition) is 4. The van der Waals surface area contributed by atoms with Gasteiger partial charge in [0.2, 0.25) is 0 Å². The van der Waals surface area contributed by atoms with Gasteiger partial charge in [-0.2, -0.15) is 0 Å². The summed E-state index contributed by atoms with van der Waals surface area (Å²) in [6.07, 6.45) is -5.27. The first kappa shape index (κ1) is 19.1. The summed E-state index contributed by atoms with van der Waals surface area (Å²) in [7, 11) is 0. The van der Waals surface area contributed by atoms with Crippen molar-refractivity contribution in [2.24, 2.45) is 0 Å². The molecule has 31 heavy (non-hydrogen) atoms. The first-order chi connectivity index (χ1) is 15.0. The van der Waals surface area contributed by atoms with Gasteiger partial charge >= 0.3 is 0 Å².